The van der Waals surface area contributed by atoms with Gasteiger partial charge in [0.05, 0.1) is 29.2 Å². The molecule has 4 atom stereocenters. The zero-order valence-corrected chi connectivity index (χ0v) is 24.2. The molecule has 2 heterocycles. The number of aliphatic hydroxyl groups is 1. The van der Waals surface area contributed by atoms with E-state index < -0.39 is 64.8 Å². The van der Waals surface area contributed by atoms with Crippen LogP contribution >= 0.6 is 0 Å². The summed E-state index contributed by atoms with van der Waals surface area (Å²) in [4.78, 5) is 53.3. The van der Waals surface area contributed by atoms with E-state index in [9.17, 15) is 49.8 Å². The number of fused-ring (bicyclic) bond motifs is 1. The van der Waals surface area contributed by atoms with Crippen LogP contribution in [0.4, 0.5) is 0 Å². The molecular formula is C30H36N4O10. The first-order chi connectivity index (χ1) is 20.8. The van der Waals surface area contributed by atoms with E-state index in [1.807, 2.05) is 4.90 Å². The summed E-state index contributed by atoms with van der Waals surface area (Å²) < 4.78 is 0. The molecule has 0 unspecified atom stereocenters. The Hall–Kier alpha value is -4.82. The van der Waals surface area contributed by atoms with Crippen LogP contribution in [0.1, 0.15) is 41.0 Å². The van der Waals surface area contributed by atoms with Crippen molar-refractivity contribution in [2.24, 2.45) is 11.8 Å². The highest BCUT2D eigenvalue weighted by atomic mass is 16.4. The van der Waals surface area contributed by atoms with Gasteiger partial charge in [0.1, 0.15) is 5.70 Å². The number of aliphatic carboxylic acids is 1. The number of nitrogens with one attached hydrogen (secondary N) is 2. The number of amides is 3. The van der Waals surface area contributed by atoms with Crippen LogP contribution in [0.5, 0.6) is 23.0 Å². The summed E-state index contributed by atoms with van der Waals surface area (Å²) >= 11 is 0. The van der Waals surface area contributed by atoms with Gasteiger partial charge in [-0.3, -0.25) is 19.3 Å². The number of aliphatic hydroxyl groups excluding tert-OH is 1. The van der Waals surface area contributed by atoms with Crippen molar-refractivity contribution < 1.29 is 49.8 Å². The van der Waals surface area contributed by atoms with E-state index in [-0.39, 0.29) is 48.9 Å². The molecule has 2 aliphatic heterocycles. The maximum Gasteiger partial charge on any atom is 0.352 e. The first-order valence-electron chi connectivity index (χ1n) is 14.1. The predicted octanol–water partition coefficient (Wildman–Crippen LogP) is 0.557. The molecule has 2 aliphatic rings. The van der Waals surface area contributed by atoms with Crippen molar-refractivity contribution in [2.45, 2.75) is 32.4 Å². The summed E-state index contributed by atoms with van der Waals surface area (Å²) in [5.74, 6) is -6.02. The van der Waals surface area contributed by atoms with E-state index in [0.29, 0.717) is 18.5 Å². The average Bonchev–Trinajstić information content (AvgIpc) is 3.21. The van der Waals surface area contributed by atoms with Gasteiger partial charge >= 0.3 is 5.97 Å². The number of phenolic OH excluding ortho intramolecular Hbond substituents is 4. The normalized spacial score (nSPS) is 19.9. The van der Waals surface area contributed by atoms with Gasteiger partial charge in [-0.15, -0.1) is 0 Å². The maximum absolute atomic E-state index is 12.7. The Kier molecular flexibility index (Phi) is 9.65. The fourth-order valence-corrected chi connectivity index (χ4v) is 5.82. The molecule has 1 fully saturated rings. The van der Waals surface area contributed by atoms with Gasteiger partial charge in [0.2, 0.25) is 5.91 Å². The number of carboxylic acid groups (broad SMARTS) is 1. The van der Waals surface area contributed by atoms with Crippen LogP contribution in [0.2, 0.25) is 0 Å². The number of para-hydroxylation sites is 2. The van der Waals surface area contributed by atoms with Crippen molar-refractivity contribution in [2.75, 3.05) is 32.7 Å². The molecule has 0 aromatic heterocycles. The number of carboxylic acids is 1. The lowest BCUT2D eigenvalue weighted by molar-refractivity contribution is -0.163. The van der Waals surface area contributed by atoms with Crippen molar-refractivity contribution in [3.8, 4) is 23.0 Å². The Morgan fingerprint density at radius 2 is 1.45 bits per heavy atom. The summed E-state index contributed by atoms with van der Waals surface area (Å²) in [7, 11) is 0. The molecular weight excluding hydrogens is 576 g/mol. The lowest BCUT2D eigenvalue weighted by Gasteiger charge is -2.46. The van der Waals surface area contributed by atoms with Crippen LogP contribution in [0.3, 0.4) is 0 Å². The molecule has 0 saturated carbocycles. The molecule has 4 rings (SSSR count). The maximum atomic E-state index is 12.7. The number of carbonyl (C=O) groups excluding carboxylic acids is 3. The first-order valence-corrected chi connectivity index (χ1v) is 14.1. The molecule has 3 amide bonds. The molecule has 8 N–H and O–H groups in total. The number of benzene rings is 2. The molecule has 0 aliphatic carbocycles. The van der Waals surface area contributed by atoms with Crippen LogP contribution in [0.25, 0.3) is 0 Å². The van der Waals surface area contributed by atoms with Gasteiger partial charge in [-0.1, -0.05) is 19.1 Å². The molecule has 1 saturated heterocycles. The largest absolute Gasteiger partial charge is 0.504 e. The average molecular weight is 613 g/mol. The monoisotopic (exact) mass is 612 g/mol. The Balaban J connectivity index is 1.46. The highest BCUT2D eigenvalue weighted by Crippen LogP contribution is 2.47. The topological polar surface area (TPSA) is 220 Å². The lowest BCUT2D eigenvalue weighted by atomic mass is 9.77. The molecule has 2 aromatic carbocycles. The molecule has 0 spiro atoms. The third kappa shape index (κ3) is 6.26. The first kappa shape index (κ1) is 32.1. The Morgan fingerprint density at radius 3 is 1.98 bits per heavy atom. The number of aromatic hydroxyl groups is 4. The lowest BCUT2D eigenvalue weighted by Crippen LogP contribution is -2.63. The van der Waals surface area contributed by atoms with Gasteiger partial charge in [-0.2, -0.15) is 0 Å². The van der Waals surface area contributed by atoms with E-state index in [1.54, 1.807) is 6.92 Å². The second-order valence-electron chi connectivity index (χ2n) is 10.9. The number of hydrogen-bond donors (Lipinski definition) is 8. The van der Waals surface area contributed by atoms with Crippen molar-refractivity contribution in [3.05, 3.63) is 58.8 Å². The molecule has 44 heavy (non-hydrogen) atoms. The standard InChI is InChI=1S/C30H36N4O10/c1-15-19(24(30(43)44)34-23(15)22(16(2)35)29(34)42)14-33(13-11-32-28(41)18-7-4-9-21(37)26(18)39)12-5-10-31-27(40)17-6-3-8-20(36)25(17)38/h3-4,6-9,15-16,22-23,35-39H,5,10-14H2,1-2H3,(H,31,40)(H,32,41)(H,43,44)/t15-,16+,22+,23+/m0/s1. The zero-order valence-electron chi connectivity index (χ0n) is 24.2. The number of rotatable bonds is 13. The number of nitrogens with zero attached hydrogens (tertiary/aromatic N) is 2. The number of β-lactam (4-membered cyclic amide) rings is 1. The van der Waals surface area contributed by atoms with Crippen LogP contribution in [0.15, 0.2) is 47.7 Å². The van der Waals surface area contributed by atoms with Crippen LogP contribution in [-0.2, 0) is 9.59 Å². The second-order valence-corrected chi connectivity index (χ2v) is 10.9. The molecule has 2 aromatic rings. The van der Waals surface area contributed by atoms with Crippen LogP contribution in [0, 0.1) is 11.8 Å². The summed E-state index contributed by atoms with van der Waals surface area (Å²) in [6.07, 6.45) is -0.575. The minimum Gasteiger partial charge on any atom is -0.504 e. The minimum absolute atomic E-state index is 0.0733. The van der Waals surface area contributed by atoms with Gasteiger partial charge in [0.15, 0.2) is 23.0 Å². The second kappa shape index (κ2) is 13.2. The van der Waals surface area contributed by atoms with Crippen molar-refractivity contribution in [1.82, 2.24) is 20.4 Å². The third-order valence-electron chi connectivity index (χ3n) is 8.08. The Bertz CT molecular complexity index is 1490. The Labute approximate surface area is 252 Å². The molecule has 0 radical (unpaired) electrons. The van der Waals surface area contributed by atoms with Crippen molar-refractivity contribution in [3.63, 3.8) is 0 Å². The van der Waals surface area contributed by atoms with Crippen molar-refractivity contribution in [1.29, 1.82) is 0 Å². The summed E-state index contributed by atoms with van der Waals surface area (Å²) in [5.41, 5.74) is 0.139. The fraction of sp³-hybridized carbons (Fsp3) is 0.400. The van der Waals surface area contributed by atoms with E-state index in [4.69, 9.17) is 0 Å². The zero-order chi connectivity index (χ0) is 32.3. The van der Waals surface area contributed by atoms with E-state index >= 15 is 0 Å². The fourth-order valence-electron chi connectivity index (χ4n) is 5.82. The number of hydrogen-bond acceptors (Lipinski definition) is 10. The van der Waals surface area contributed by atoms with Crippen molar-refractivity contribution >= 4 is 23.7 Å². The molecule has 14 heteroatoms. The predicted molar refractivity (Wildman–Crippen MR) is 155 cm³/mol. The quantitative estimate of drug-likeness (QED) is 0.0887. The van der Waals surface area contributed by atoms with Crippen LogP contribution in [-0.4, -0.2) is 109 Å². The van der Waals surface area contributed by atoms with Gasteiger partial charge in [0, 0.05) is 38.6 Å². The van der Waals surface area contributed by atoms with Gasteiger partial charge in [-0.05, 0) is 43.2 Å². The number of carbonyl (C=O) groups is 4. The van der Waals surface area contributed by atoms with Gasteiger partial charge in [0.25, 0.3) is 11.8 Å². The molecule has 0 bridgehead atoms. The highest BCUT2D eigenvalue weighted by Gasteiger charge is 2.59. The smallest absolute Gasteiger partial charge is 0.352 e. The molecule has 14 nitrogen and oxygen atoms in total. The molecule has 236 valence electrons. The SMILES string of the molecule is C[C@@H](O)[C@H]1C(=O)N2C(C(=O)O)=C(CN(CCCNC(=O)c3cccc(O)c3O)CCNC(=O)c3cccc(O)c3O)[C@H](C)[C@H]12. The summed E-state index contributed by atoms with van der Waals surface area (Å²) in [6.45, 7) is 4.18. The summed E-state index contributed by atoms with van der Waals surface area (Å²) in [6, 6.07) is 7.52. The van der Waals surface area contributed by atoms with E-state index in [1.165, 1.54) is 48.2 Å². The van der Waals surface area contributed by atoms with Gasteiger partial charge < -0.3 is 46.2 Å². The highest BCUT2D eigenvalue weighted by molar-refractivity contribution is 6.00. The Morgan fingerprint density at radius 1 is 0.909 bits per heavy atom. The van der Waals surface area contributed by atoms with E-state index in [2.05, 4.69) is 10.6 Å². The minimum atomic E-state index is -1.27. The van der Waals surface area contributed by atoms with E-state index in [0.717, 1.165) is 0 Å². The number of phenols is 4. The van der Waals surface area contributed by atoms with Gasteiger partial charge in [-0.25, -0.2) is 4.79 Å². The van der Waals surface area contributed by atoms with Crippen LogP contribution < -0.4 is 10.6 Å². The summed E-state index contributed by atoms with van der Waals surface area (Å²) in [5, 5.41) is 64.8. The third-order valence-corrected chi connectivity index (χ3v) is 8.08.